The molecule has 1 nitrogen and oxygen atoms in total. The molecule has 1 heteroatoms. The highest BCUT2D eigenvalue weighted by Gasteiger charge is 2.64. The molecular formula is C25H28O. The van der Waals surface area contributed by atoms with Crippen LogP contribution in [0.25, 0.3) is 5.57 Å². The van der Waals surface area contributed by atoms with Crippen LogP contribution in [0.5, 0.6) is 0 Å². The second kappa shape index (κ2) is 5.67. The van der Waals surface area contributed by atoms with E-state index in [1.807, 2.05) is 0 Å². The van der Waals surface area contributed by atoms with E-state index in [1.165, 1.54) is 27.8 Å². The number of benzene rings is 2. The standard InChI is InChI=1S/C25H28O/c1-16(2)25-20-14-10-9-13-19(20)23(18-11-7-6-8-12-18)22(25)15-21(17(3)26)24(25,4)5/h6-14,16,21H,15H2,1-5H3. The third kappa shape index (κ3) is 1.95. The topological polar surface area (TPSA) is 17.1 Å². The van der Waals surface area contributed by atoms with E-state index in [2.05, 4.69) is 82.3 Å². The van der Waals surface area contributed by atoms with E-state index >= 15 is 0 Å². The number of Topliss-reactive ketones (excluding diaryl/α,β-unsaturated/α-hetero) is 1. The highest BCUT2D eigenvalue weighted by molar-refractivity contribution is 5.93. The molecule has 26 heavy (non-hydrogen) atoms. The van der Waals surface area contributed by atoms with Crippen molar-refractivity contribution in [3.63, 3.8) is 0 Å². The van der Waals surface area contributed by atoms with E-state index in [0.29, 0.717) is 11.7 Å². The van der Waals surface area contributed by atoms with Gasteiger partial charge in [-0.05, 0) is 52.5 Å². The summed E-state index contributed by atoms with van der Waals surface area (Å²) >= 11 is 0. The largest absolute Gasteiger partial charge is 0.300 e. The number of fused-ring (bicyclic) bond motifs is 3. The van der Waals surface area contributed by atoms with Crippen LogP contribution in [0.2, 0.25) is 0 Å². The lowest BCUT2D eigenvalue weighted by molar-refractivity contribution is -0.124. The highest BCUT2D eigenvalue weighted by Crippen LogP contribution is 2.69. The van der Waals surface area contributed by atoms with Gasteiger partial charge in [0.2, 0.25) is 0 Å². The molecule has 0 aromatic heterocycles. The van der Waals surface area contributed by atoms with Gasteiger partial charge in [-0.3, -0.25) is 4.79 Å². The van der Waals surface area contributed by atoms with Gasteiger partial charge in [-0.25, -0.2) is 0 Å². The molecule has 0 spiro atoms. The normalized spacial score (nSPS) is 26.2. The van der Waals surface area contributed by atoms with Crippen LogP contribution in [0.15, 0.2) is 60.2 Å². The zero-order chi connectivity index (χ0) is 18.7. The van der Waals surface area contributed by atoms with Crippen molar-refractivity contribution < 1.29 is 4.79 Å². The van der Waals surface area contributed by atoms with E-state index in [-0.39, 0.29) is 16.7 Å². The molecule has 0 bridgehead atoms. The maximum absolute atomic E-state index is 12.6. The Hall–Kier alpha value is -2.15. The molecule has 2 unspecified atom stereocenters. The third-order valence-electron chi connectivity index (χ3n) is 7.11. The Labute approximate surface area is 157 Å². The van der Waals surface area contributed by atoms with Crippen LogP contribution in [0.4, 0.5) is 0 Å². The summed E-state index contributed by atoms with van der Waals surface area (Å²) in [4.78, 5) is 12.6. The summed E-state index contributed by atoms with van der Waals surface area (Å²) < 4.78 is 0. The van der Waals surface area contributed by atoms with Gasteiger partial charge in [-0.2, -0.15) is 0 Å². The molecule has 2 aromatic carbocycles. The molecular weight excluding hydrogens is 316 g/mol. The molecule has 2 aromatic rings. The molecule has 1 fully saturated rings. The average Bonchev–Trinajstić information content (AvgIpc) is 3.04. The number of hydrogen-bond acceptors (Lipinski definition) is 1. The first-order chi connectivity index (χ1) is 12.3. The first-order valence-corrected chi connectivity index (χ1v) is 9.72. The minimum Gasteiger partial charge on any atom is -0.300 e. The van der Waals surface area contributed by atoms with Crippen LogP contribution in [0, 0.1) is 17.3 Å². The van der Waals surface area contributed by atoms with Crippen LogP contribution in [0.1, 0.15) is 57.7 Å². The predicted molar refractivity (Wildman–Crippen MR) is 108 cm³/mol. The smallest absolute Gasteiger partial charge is 0.133 e. The lowest BCUT2D eigenvalue weighted by atomic mass is 9.56. The summed E-state index contributed by atoms with van der Waals surface area (Å²) in [6.45, 7) is 11.1. The van der Waals surface area contributed by atoms with E-state index in [0.717, 1.165) is 6.42 Å². The Balaban J connectivity index is 2.12. The Morgan fingerprint density at radius 3 is 2.23 bits per heavy atom. The number of ketones is 1. The number of hydrogen-bond donors (Lipinski definition) is 0. The molecule has 0 radical (unpaired) electrons. The van der Waals surface area contributed by atoms with Gasteiger partial charge in [0, 0.05) is 11.3 Å². The van der Waals surface area contributed by atoms with Crippen LogP contribution in [-0.4, -0.2) is 5.78 Å². The second-order valence-corrected chi connectivity index (χ2v) is 8.82. The van der Waals surface area contributed by atoms with Crippen molar-refractivity contribution in [2.24, 2.45) is 17.3 Å². The van der Waals surface area contributed by atoms with E-state index < -0.39 is 0 Å². The Morgan fingerprint density at radius 2 is 1.62 bits per heavy atom. The molecule has 0 heterocycles. The fourth-order valence-electron chi connectivity index (χ4n) is 6.29. The third-order valence-corrected chi connectivity index (χ3v) is 7.11. The van der Waals surface area contributed by atoms with Gasteiger partial charge in [0.15, 0.2) is 0 Å². The van der Waals surface area contributed by atoms with Gasteiger partial charge < -0.3 is 0 Å². The molecule has 2 atom stereocenters. The summed E-state index contributed by atoms with van der Waals surface area (Å²) in [7, 11) is 0. The highest BCUT2D eigenvalue weighted by atomic mass is 16.1. The molecule has 2 aliphatic carbocycles. The van der Waals surface area contributed by atoms with Crippen LogP contribution in [-0.2, 0) is 10.2 Å². The first kappa shape index (κ1) is 17.3. The Kier molecular flexibility index (Phi) is 3.77. The van der Waals surface area contributed by atoms with E-state index in [1.54, 1.807) is 6.92 Å². The number of carbonyl (C=O) groups is 1. The maximum atomic E-state index is 12.6. The Morgan fingerprint density at radius 1 is 1.00 bits per heavy atom. The molecule has 0 amide bonds. The maximum Gasteiger partial charge on any atom is 0.133 e. The SMILES string of the molecule is CC(=O)C1CC2=C(c3ccccc3)c3ccccc3C2(C(C)C)C1(C)C. The van der Waals surface area contributed by atoms with Crippen molar-refractivity contribution in [3.05, 3.63) is 76.9 Å². The monoisotopic (exact) mass is 344 g/mol. The van der Waals surface area contributed by atoms with Gasteiger partial charge in [0.05, 0.1) is 0 Å². The fraction of sp³-hybridized carbons (Fsp3) is 0.400. The van der Waals surface area contributed by atoms with E-state index in [4.69, 9.17) is 0 Å². The van der Waals surface area contributed by atoms with Crippen molar-refractivity contribution in [1.29, 1.82) is 0 Å². The van der Waals surface area contributed by atoms with E-state index in [9.17, 15) is 4.79 Å². The molecule has 4 rings (SSSR count). The minimum atomic E-state index is -0.102. The number of carbonyl (C=O) groups excluding carboxylic acids is 1. The quantitative estimate of drug-likeness (QED) is 0.664. The van der Waals surface area contributed by atoms with Crippen molar-refractivity contribution in [3.8, 4) is 0 Å². The van der Waals surface area contributed by atoms with Gasteiger partial charge in [0.1, 0.15) is 5.78 Å². The van der Waals surface area contributed by atoms with Crippen LogP contribution in [0.3, 0.4) is 0 Å². The summed E-state index contributed by atoms with van der Waals surface area (Å²) in [5.41, 5.74) is 6.71. The molecule has 0 aliphatic heterocycles. The van der Waals surface area contributed by atoms with Crippen molar-refractivity contribution in [1.82, 2.24) is 0 Å². The van der Waals surface area contributed by atoms with Crippen molar-refractivity contribution >= 4 is 11.4 Å². The average molecular weight is 344 g/mol. The molecule has 1 saturated carbocycles. The Bertz CT molecular complexity index is 901. The fourth-order valence-corrected chi connectivity index (χ4v) is 6.29. The zero-order valence-electron chi connectivity index (χ0n) is 16.5. The minimum absolute atomic E-state index is 0.0759. The second-order valence-electron chi connectivity index (χ2n) is 8.82. The lowest BCUT2D eigenvalue weighted by Crippen LogP contribution is -2.46. The summed E-state index contributed by atoms with van der Waals surface area (Å²) in [6.07, 6.45) is 0.874. The lowest BCUT2D eigenvalue weighted by Gasteiger charge is -2.47. The van der Waals surface area contributed by atoms with Gasteiger partial charge in [-0.1, -0.05) is 82.3 Å². The van der Waals surface area contributed by atoms with Crippen molar-refractivity contribution in [2.45, 2.75) is 46.5 Å². The predicted octanol–water partition coefficient (Wildman–Crippen LogP) is 6.03. The van der Waals surface area contributed by atoms with Gasteiger partial charge in [0.25, 0.3) is 0 Å². The van der Waals surface area contributed by atoms with Gasteiger partial charge in [-0.15, -0.1) is 0 Å². The van der Waals surface area contributed by atoms with Crippen molar-refractivity contribution in [2.75, 3.05) is 0 Å². The summed E-state index contributed by atoms with van der Waals surface area (Å²) in [5, 5.41) is 0. The van der Waals surface area contributed by atoms with Crippen LogP contribution < -0.4 is 0 Å². The van der Waals surface area contributed by atoms with Gasteiger partial charge >= 0.3 is 0 Å². The molecule has 2 aliphatic rings. The zero-order valence-corrected chi connectivity index (χ0v) is 16.5. The molecule has 0 N–H and O–H groups in total. The first-order valence-electron chi connectivity index (χ1n) is 9.72. The number of allylic oxidation sites excluding steroid dienone is 1. The van der Waals surface area contributed by atoms with Crippen LogP contribution >= 0.6 is 0 Å². The number of rotatable bonds is 3. The summed E-state index contributed by atoms with van der Waals surface area (Å²) in [6, 6.07) is 19.6. The summed E-state index contributed by atoms with van der Waals surface area (Å²) in [5.74, 6) is 0.827. The molecule has 0 saturated heterocycles. The molecule has 134 valence electrons.